The minimum absolute atomic E-state index is 0.886. The van der Waals surface area contributed by atoms with Crippen LogP contribution in [0.15, 0.2) is 0 Å². The summed E-state index contributed by atoms with van der Waals surface area (Å²) in [7, 11) is 0.898. The van der Waals surface area contributed by atoms with E-state index in [9.17, 15) is 0 Å². The van der Waals surface area contributed by atoms with Crippen molar-refractivity contribution >= 4 is 10.5 Å². The van der Waals surface area contributed by atoms with Crippen LogP contribution in [-0.4, -0.2) is 17.1 Å². The monoisotopic (exact) mass is 188 g/mol. The van der Waals surface area contributed by atoms with Crippen LogP contribution in [0.5, 0.6) is 0 Å². The molecule has 0 aromatic rings. The molecule has 0 aromatic carbocycles. The van der Waals surface area contributed by atoms with Gasteiger partial charge in [0.2, 0.25) is 0 Å². The van der Waals surface area contributed by atoms with E-state index in [0.717, 1.165) is 28.9 Å². The maximum Gasteiger partial charge on any atom is 0.145 e. The molecule has 0 radical (unpaired) electrons. The Kier molecular flexibility index (Phi) is 7.92. The lowest BCUT2D eigenvalue weighted by Gasteiger charge is -2.15. The third-order valence-corrected chi connectivity index (χ3v) is 2.96. The molecule has 2 heteroatoms. The van der Waals surface area contributed by atoms with Crippen molar-refractivity contribution in [3.8, 4) is 0 Å². The molecule has 0 saturated heterocycles. The molecule has 0 fully saturated rings. The lowest BCUT2D eigenvalue weighted by Crippen LogP contribution is -2.03. The van der Waals surface area contributed by atoms with Crippen LogP contribution in [0.4, 0.5) is 0 Å². The second-order valence-corrected chi connectivity index (χ2v) is 4.57. The maximum atomic E-state index is 5.16. The standard InChI is InChI=1S/C10H24OSi/c1-4-9(2)8-10(3)6-5-7-11-12/h9-10H,4-8H2,1-3,12H3. The molecule has 0 heterocycles. The van der Waals surface area contributed by atoms with Crippen LogP contribution in [0.2, 0.25) is 0 Å². The summed E-state index contributed by atoms with van der Waals surface area (Å²) in [5.41, 5.74) is 0. The number of hydrogen-bond acceptors (Lipinski definition) is 1. The first-order valence-corrected chi connectivity index (χ1v) is 6.01. The molecule has 0 rings (SSSR count). The quantitative estimate of drug-likeness (QED) is 0.439. The summed E-state index contributed by atoms with van der Waals surface area (Å²) in [5.74, 6) is 1.79. The lowest BCUT2D eigenvalue weighted by molar-refractivity contribution is 0.304. The van der Waals surface area contributed by atoms with Gasteiger partial charge in [-0.25, -0.2) is 0 Å². The van der Waals surface area contributed by atoms with Gasteiger partial charge in [-0.1, -0.05) is 27.2 Å². The topological polar surface area (TPSA) is 9.23 Å². The van der Waals surface area contributed by atoms with Crippen LogP contribution in [0.25, 0.3) is 0 Å². The first-order valence-electron chi connectivity index (χ1n) is 5.19. The molecule has 0 saturated carbocycles. The molecule has 0 spiro atoms. The summed E-state index contributed by atoms with van der Waals surface area (Å²) < 4.78 is 5.16. The Morgan fingerprint density at radius 2 is 1.92 bits per heavy atom. The van der Waals surface area contributed by atoms with Crippen LogP contribution >= 0.6 is 0 Å². The van der Waals surface area contributed by atoms with E-state index in [-0.39, 0.29) is 0 Å². The molecule has 2 unspecified atom stereocenters. The minimum atomic E-state index is 0.886. The fourth-order valence-electron chi connectivity index (χ4n) is 1.55. The minimum Gasteiger partial charge on any atom is -0.428 e. The van der Waals surface area contributed by atoms with E-state index in [1.54, 1.807) is 0 Å². The fourth-order valence-corrected chi connectivity index (χ4v) is 1.84. The summed E-state index contributed by atoms with van der Waals surface area (Å²) in [5, 5.41) is 0. The highest BCUT2D eigenvalue weighted by atomic mass is 28.2. The molecule has 0 aliphatic carbocycles. The van der Waals surface area contributed by atoms with Gasteiger partial charge in [-0.3, -0.25) is 0 Å². The highest BCUT2D eigenvalue weighted by Gasteiger charge is 2.06. The summed E-state index contributed by atoms with van der Waals surface area (Å²) in [6, 6.07) is 0. The molecule has 2 atom stereocenters. The predicted molar refractivity (Wildman–Crippen MR) is 58.4 cm³/mol. The van der Waals surface area contributed by atoms with E-state index in [1.807, 2.05) is 0 Å². The third kappa shape index (κ3) is 6.86. The normalized spacial score (nSPS) is 16.2. The van der Waals surface area contributed by atoms with Crippen molar-refractivity contribution in [3.05, 3.63) is 0 Å². The first kappa shape index (κ1) is 12.2. The molecule has 1 nitrogen and oxygen atoms in total. The average Bonchev–Trinajstić information content (AvgIpc) is 2.05. The van der Waals surface area contributed by atoms with E-state index in [2.05, 4.69) is 20.8 Å². The Morgan fingerprint density at radius 1 is 1.25 bits per heavy atom. The zero-order chi connectivity index (χ0) is 9.40. The predicted octanol–water partition coefficient (Wildman–Crippen LogP) is 2.14. The average molecular weight is 188 g/mol. The van der Waals surface area contributed by atoms with Crippen molar-refractivity contribution in [1.82, 2.24) is 0 Å². The molecule has 74 valence electrons. The highest BCUT2D eigenvalue weighted by molar-refractivity contribution is 5.97. The lowest BCUT2D eigenvalue weighted by atomic mass is 9.92. The first-order chi connectivity index (χ1) is 5.70. The van der Waals surface area contributed by atoms with Gasteiger partial charge in [-0.15, -0.1) is 0 Å². The largest absolute Gasteiger partial charge is 0.428 e. The Hall–Kier alpha value is 0.177. The van der Waals surface area contributed by atoms with Gasteiger partial charge >= 0.3 is 0 Å². The van der Waals surface area contributed by atoms with Crippen LogP contribution in [-0.2, 0) is 4.43 Å². The highest BCUT2D eigenvalue weighted by Crippen LogP contribution is 2.18. The second kappa shape index (κ2) is 7.81. The van der Waals surface area contributed by atoms with Gasteiger partial charge in [-0.2, -0.15) is 0 Å². The van der Waals surface area contributed by atoms with Gasteiger partial charge in [0, 0.05) is 6.61 Å². The van der Waals surface area contributed by atoms with Gasteiger partial charge in [0.15, 0.2) is 0 Å². The Bertz CT molecular complexity index is 95.8. The molecule has 0 bridgehead atoms. The van der Waals surface area contributed by atoms with Gasteiger partial charge in [0.05, 0.1) is 0 Å². The van der Waals surface area contributed by atoms with Crippen molar-refractivity contribution < 1.29 is 4.43 Å². The van der Waals surface area contributed by atoms with Crippen molar-refractivity contribution in [3.63, 3.8) is 0 Å². The van der Waals surface area contributed by atoms with Crippen molar-refractivity contribution in [2.75, 3.05) is 6.61 Å². The number of hydrogen-bond donors (Lipinski definition) is 0. The maximum absolute atomic E-state index is 5.16. The zero-order valence-corrected chi connectivity index (χ0v) is 11.1. The van der Waals surface area contributed by atoms with E-state index >= 15 is 0 Å². The zero-order valence-electron chi connectivity index (χ0n) is 9.10. The Morgan fingerprint density at radius 3 is 2.42 bits per heavy atom. The SMILES string of the molecule is CCC(C)CC(C)CCCO[SiH3]. The third-order valence-electron chi connectivity index (χ3n) is 2.55. The van der Waals surface area contributed by atoms with Crippen molar-refractivity contribution in [2.45, 2.75) is 46.5 Å². The van der Waals surface area contributed by atoms with Crippen LogP contribution in [0, 0.1) is 11.8 Å². The van der Waals surface area contributed by atoms with Gasteiger partial charge in [0.1, 0.15) is 10.5 Å². The molecule has 12 heavy (non-hydrogen) atoms. The van der Waals surface area contributed by atoms with E-state index in [4.69, 9.17) is 4.43 Å². The Labute approximate surface area is 80.4 Å². The summed E-state index contributed by atoms with van der Waals surface area (Å²) in [6.45, 7) is 7.97. The van der Waals surface area contributed by atoms with E-state index in [0.29, 0.717) is 0 Å². The van der Waals surface area contributed by atoms with E-state index in [1.165, 1.54) is 25.7 Å². The molecule has 0 N–H and O–H groups in total. The number of rotatable bonds is 7. The molecule has 0 aliphatic rings. The Balaban J connectivity index is 3.26. The molecular weight excluding hydrogens is 164 g/mol. The van der Waals surface area contributed by atoms with Gasteiger partial charge in [-0.05, 0) is 31.1 Å². The summed E-state index contributed by atoms with van der Waals surface area (Å²) in [6.07, 6.45) is 5.30. The fraction of sp³-hybridized carbons (Fsp3) is 1.00. The smallest absolute Gasteiger partial charge is 0.145 e. The van der Waals surface area contributed by atoms with Crippen LogP contribution in [0.3, 0.4) is 0 Å². The van der Waals surface area contributed by atoms with Gasteiger partial charge < -0.3 is 4.43 Å². The second-order valence-electron chi connectivity index (χ2n) is 3.99. The molecule has 0 aromatic heterocycles. The van der Waals surface area contributed by atoms with Crippen LogP contribution in [0.1, 0.15) is 46.5 Å². The summed E-state index contributed by atoms with van der Waals surface area (Å²) in [4.78, 5) is 0. The van der Waals surface area contributed by atoms with Crippen molar-refractivity contribution in [2.24, 2.45) is 11.8 Å². The van der Waals surface area contributed by atoms with Gasteiger partial charge in [0.25, 0.3) is 0 Å². The molecule has 0 aliphatic heterocycles. The van der Waals surface area contributed by atoms with Crippen molar-refractivity contribution in [1.29, 1.82) is 0 Å². The van der Waals surface area contributed by atoms with Crippen LogP contribution < -0.4 is 0 Å². The molecule has 0 amide bonds. The van der Waals surface area contributed by atoms with E-state index < -0.39 is 0 Å². The summed E-state index contributed by atoms with van der Waals surface area (Å²) >= 11 is 0. The molecular formula is C10H24OSi.